The highest BCUT2D eigenvalue weighted by molar-refractivity contribution is 5.83. The van der Waals surface area contributed by atoms with Crippen LogP contribution in [0.3, 0.4) is 0 Å². The molecular weight excluding hydrogens is 282 g/mol. The number of rotatable bonds is 5. The van der Waals surface area contributed by atoms with Crippen molar-refractivity contribution >= 4 is 16.9 Å². The van der Waals surface area contributed by atoms with Crippen LogP contribution in [-0.4, -0.2) is 17.3 Å². The number of carbonyl (C=O) groups excluding carboxylic acids is 1. The van der Waals surface area contributed by atoms with Crippen molar-refractivity contribution in [3.63, 3.8) is 0 Å². The van der Waals surface area contributed by atoms with Gasteiger partial charge in [0.25, 0.3) is 0 Å². The van der Waals surface area contributed by atoms with Crippen molar-refractivity contribution in [1.29, 1.82) is 0 Å². The molecule has 0 saturated heterocycles. The minimum atomic E-state index is -0.523. The number of hydrogen-bond acceptors (Lipinski definition) is 4. The minimum Gasteiger partial charge on any atom is -0.457 e. The summed E-state index contributed by atoms with van der Waals surface area (Å²) >= 11 is 0. The minimum absolute atomic E-state index is 0.165. The largest absolute Gasteiger partial charge is 0.457 e. The van der Waals surface area contributed by atoms with Gasteiger partial charge in [-0.25, -0.2) is 4.79 Å². The van der Waals surface area contributed by atoms with Crippen LogP contribution in [0.25, 0.3) is 22.4 Å². The monoisotopic (exact) mass is 297 g/mol. The summed E-state index contributed by atoms with van der Waals surface area (Å²) in [6, 6.07) is 11.4. The lowest BCUT2D eigenvalue weighted by molar-refractivity contribution is -0.144. The van der Waals surface area contributed by atoms with E-state index in [1.165, 1.54) is 0 Å². The molecule has 22 heavy (non-hydrogen) atoms. The number of furan rings is 1. The maximum Gasteiger partial charge on any atom is 0.333 e. The molecule has 0 aliphatic rings. The quantitative estimate of drug-likeness (QED) is 0.411. The Hall–Kier alpha value is -2.95. The first kappa shape index (κ1) is 14.0. The fourth-order valence-corrected chi connectivity index (χ4v) is 2.16. The standard InChI is InChI=1S/C17H15NO4/c1-3-17(19)21-11-20-13-7-6-12-9-16(22-15(12)10-13)14-5-4-8-18(14)2/h3-10H,1,11H2,2H3. The zero-order chi connectivity index (χ0) is 15.5. The van der Waals surface area contributed by atoms with E-state index in [0.29, 0.717) is 11.3 Å². The van der Waals surface area contributed by atoms with Gasteiger partial charge in [-0.15, -0.1) is 0 Å². The molecule has 1 aromatic carbocycles. The van der Waals surface area contributed by atoms with Gasteiger partial charge in [0.1, 0.15) is 11.3 Å². The van der Waals surface area contributed by atoms with Gasteiger partial charge in [0, 0.05) is 30.8 Å². The number of benzene rings is 1. The maximum absolute atomic E-state index is 10.9. The molecule has 5 nitrogen and oxygen atoms in total. The molecule has 0 spiro atoms. The molecule has 0 atom stereocenters. The summed E-state index contributed by atoms with van der Waals surface area (Å²) in [6.45, 7) is 3.15. The van der Waals surface area contributed by atoms with Crippen LogP contribution in [0.15, 0.2) is 59.7 Å². The summed E-state index contributed by atoms with van der Waals surface area (Å²) in [7, 11) is 1.96. The van der Waals surface area contributed by atoms with E-state index in [2.05, 4.69) is 6.58 Å². The number of fused-ring (bicyclic) bond motifs is 1. The van der Waals surface area contributed by atoms with Gasteiger partial charge in [-0.2, -0.15) is 0 Å². The van der Waals surface area contributed by atoms with E-state index in [9.17, 15) is 4.79 Å². The molecule has 2 heterocycles. The molecule has 0 fully saturated rings. The molecule has 0 aliphatic heterocycles. The molecule has 3 aromatic rings. The van der Waals surface area contributed by atoms with Crippen LogP contribution in [0, 0.1) is 0 Å². The van der Waals surface area contributed by atoms with Gasteiger partial charge >= 0.3 is 5.97 Å². The second kappa shape index (κ2) is 5.81. The van der Waals surface area contributed by atoms with E-state index >= 15 is 0 Å². The Morgan fingerprint density at radius 1 is 1.36 bits per heavy atom. The first-order chi connectivity index (χ1) is 10.7. The van der Waals surface area contributed by atoms with Crippen LogP contribution in [-0.2, 0) is 16.6 Å². The van der Waals surface area contributed by atoms with Crippen molar-refractivity contribution in [1.82, 2.24) is 4.57 Å². The van der Waals surface area contributed by atoms with E-state index in [1.54, 1.807) is 12.1 Å². The van der Waals surface area contributed by atoms with Gasteiger partial charge in [0.05, 0.1) is 5.69 Å². The van der Waals surface area contributed by atoms with Gasteiger partial charge in [0.15, 0.2) is 5.76 Å². The number of aryl methyl sites for hydroxylation is 1. The maximum atomic E-state index is 10.9. The summed E-state index contributed by atoms with van der Waals surface area (Å²) in [5.74, 6) is 0.833. The highest BCUT2D eigenvalue weighted by Crippen LogP contribution is 2.30. The number of nitrogens with zero attached hydrogens (tertiary/aromatic N) is 1. The fourth-order valence-electron chi connectivity index (χ4n) is 2.16. The van der Waals surface area contributed by atoms with Gasteiger partial charge in [-0.05, 0) is 30.3 Å². The number of hydrogen-bond donors (Lipinski definition) is 0. The van der Waals surface area contributed by atoms with Crippen LogP contribution in [0.1, 0.15) is 0 Å². The van der Waals surface area contributed by atoms with Crippen molar-refractivity contribution in [2.75, 3.05) is 6.79 Å². The molecule has 0 N–H and O–H groups in total. The van der Waals surface area contributed by atoms with Crippen LogP contribution in [0.4, 0.5) is 0 Å². The highest BCUT2D eigenvalue weighted by atomic mass is 16.7. The number of carbonyl (C=O) groups is 1. The molecular formula is C17H15NO4. The van der Waals surface area contributed by atoms with Crippen LogP contribution < -0.4 is 4.74 Å². The second-order valence-electron chi connectivity index (χ2n) is 4.74. The van der Waals surface area contributed by atoms with E-state index in [0.717, 1.165) is 22.9 Å². The topological polar surface area (TPSA) is 53.6 Å². The SMILES string of the molecule is C=CC(=O)OCOc1ccc2cc(-c3cccn3C)oc2c1. The molecule has 0 radical (unpaired) electrons. The predicted octanol–water partition coefficient (Wildman–Crippen LogP) is 3.50. The summed E-state index contributed by atoms with van der Waals surface area (Å²) in [5, 5.41) is 0.978. The average Bonchev–Trinajstić information content (AvgIpc) is 3.12. The smallest absolute Gasteiger partial charge is 0.333 e. The van der Waals surface area contributed by atoms with Crippen molar-refractivity contribution in [2.45, 2.75) is 0 Å². The van der Waals surface area contributed by atoms with E-state index in [1.807, 2.05) is 42.1 Å². The molecule has 3 rings (SSSR count). The first-order valence-corrected chi connectivity index (χ1v) is 6.74. The van der Waals surface area contributed by atoms with Crippen LogP contribution >= 0.6 is 0 Å². The Morgan fingerprint density at radius 2 is 2.23 bits per heavy atom. The zero-order valence-corrected chi connectivity index (χ0v) is 12.1. The van der Waals surface area contributed by atoms with Crippen molar-refractivity contribution in [2.24, 2.45) is 7.05 Å². The Labute approximate surface area is 127 Å². The molecule has 0 unspecified atom stereocenters. The van der Waals surface area contributed by atoms with Gasteiger partial charge < -0.3 is 18.5 Å². The fraction of sp³-hybridized carbons (Fsp3) is 0.118. The highest BCUT2D eigenvalue weighted by Gasteiger charge is 2.09. The van der Waals surface area contributed by atoms with Crippen molar-refractivity contribution in [3.8, 4) is 17.2 Å². The summed E-state index contributed by atoms with van der Waals surface area (Å²) < 4.78 is 18.0. The molecule has 112 valence electrons. The Morgan fingerprint density at radius 3 is 2.95 bits per heavy atom. The zero-order valence-electron chi connectivity index (χ0n) is 12.1. The second-order valence-corrected chi connectivity index (χ2v) is 4.74. The third-order valence-corrected chi connectivity index (χ3v) is 3.28. The van der Waals surface area contributed by atoms with Crippen molar-refractivity contribution in [3.05, 3.63) is 55.3 Å². The Bertz CT molecular complexity index is 828. The summed E-state index contributed by atoms with van der Waals surface area (Å²) in [6.07, 6.45) is 3.05. The lowest BCUT2D eigenvalue weighted by Gasteiger charge is -2.05. The average molecular weight is 297 g/mol. The lowest BCUT2D eigenvalue weighted by Crippen LogP contribution is -2.07. The van der Waals surface area contributed by atoms with E-state index < -0.39 is 5.97 Å². The number of aromatic nitrogens is 1. The van der Waals surface area contributed by atoms with Crippen molar-refractivity contribution < 1.29 is 18.7 Å². The Kier molecular flexibility index (Phi) is 3.70. The third kappa shape index (κ3) is 2.74. The number of esters is 1. The van der Waals surface area contributed by atoms with Gasteiger partial charge in [0.2, 0.25) is 6.79 Å². The van der Waals surface area contributed by atoms with Gasteiger partial charge in [-0.1, -0.05) is 6.58 Å². The predicted molar refractivity (Wildman–Crippen MR) is 82.4 cm³/mol. The van der Waals surface area contributed by atoms with Gasteiger partial charge in [-0.3, -0.25) is 0 Å². The van der Waals surface area contributed by atoms with E-state index in [-0.39, 0.29) is 6.79 Å². The lowest BCUT2D eigenvalue weighted by atomic mass is 10.2. The Balaban J connectivity index is 1.80. The molecule has 2 aromatic heterocycles. The molecule has 0 aliphatic carbocycles. The summed E-state index contributed by atoms with van der Waals surface area (Å²) in [5.41, 5.74) is 1.71. The normalized spacial score (nSPS) is 10.6. The first-order valence-electron chi connectivity index (χ1n) is 6.74. The number of ether oxygens (including phenoxy) is 2. The summed E-state index contributed by atoms with van der Waals surface area (Å²) in [4.78, 5) is 10.9. The van der Waals surface area contributed by atoms with E-state index in [4.69, 9.17) is 13.9 Å². The third-order valence-electron chi connectivity index (χ3n) is 3.28. The van der Waals surface area contributed by atoms with Crippen LogP contribution in [0.2, 0.25) is 0 Å². The molecule has 0 amide bonds. The molecule has 0 bridgehead atoms. The molecule has 5 heteroatoms. The molecule has 0 saturated carbocycles. The van der Waals surface area contributed by atoms with Crippen LogP contribution in [0.5, 0.6) is 5.75 Å².